The number of carbonyl (C=O) groups excluding carboxylic acids is 1. The van der Waals surface area contributed by atoms with Crippen molar-refractivity contribution in [1.82, 2.24) is 5.32 Å². The predicted molar refractivity (Wildman–Crippen MR) is 55.8 cm³/mol. The quantitative estimate of drug-likeness (QED) is 0.201. The van der Waals surface area contributed by atoms with Crippen LogP contribution in [0.1, 0.15) is 12.8 Å². The van der Waals surface area contributed by atoms with Crippen LogP contribution in [-0.4, -0.2) is 38.2 Å². The van der Waals surface area contributed by atoms with E-state index in [4.69, 9.17) is 11.5 Å². The van der Waals surface area contributed by atoms with Gasteiger partial charge in [0.05, 0.1) is 6.54 Å². The Morgan fingerprint density at radius 3 is 2.64 bits per heavy atom. The summed E-state index contributed by atoms with van der Waals surface area (Å²) in [7, 11) is 0. The van der Waals surface area contributed by atoms with Gasteiger partial charge in [-0.1, -0.05) is 0 Å². The number of nitrogens with zero attached hydrogens (tertiary/aromatic N) is 2. The van der Waals surface area contributed by atoms with Gasteiger partial charge in [-0.25, -0.2) is 9.79 Å². The molecule has 0 aliphatic heterocycles. The number of rotatable bonds is 8. The maximum atomic E-state index is 9.68. The van der Waals surface area contributed by atoms with Gasteiger partial charge in [-0.05, 0) is 19.4 Å². The predicted octanol–water partition coefficient (Wildman–Crippen LogP) is -1.03. The third-order valence-electron chi connectivity index (χ3n) is 1.52. The average Bonchev–Trinajstić information content (AvgIpc) is 2.15. The molecule has 0 radical (unpaired) electrons. The Labute approximate surface area is 83.5 Å². The van der Waals surface area contributed by atoms with Crippen LogP contribution in [0.2, 0.25) is 0 Å². The van der Waals surface area contributed by atoms with E-state index in [0.29, 0.717) is 19.6 Å². The molecule has 80 valence electrons. The summed E-state index contributed by atoms with van der Waals surface area (Å²) in [4.78, 5) is 16.9. The molecule has 6 heteroatoms. The normalized spacial score (nSPS) is 9.14. The van der Waals surface area contributed by atoms with E-state index in [1.54, 1.807) is 0 Å². The summed E-state index contributed by atoms with van der Waals surface area (Å²) < 4.78 is 0. The number of guanidine groups is 1. The lowest BCUT2D eigenvalue weighted by atomic mass is 10.3. The van der Waals surface area contributed by atoms with Gasteiger partial charge < -0.3 is 16.8 Å². The van der Waals surface area contributed by atoms with Crippen molar-refractivity contribution in [2.75, 3.05) is 26.2 Å². The van der Waals surface area contributed by atoms with Crippen molar-refractivity contribution in [3.05, 3.63) is 0 Å². The van der Waals surface area contributed by atoms with Crippen molar-refractivity contribution in [3.63, 3.8) is 0 Å². The number of nitrogens with two attached hydrogens (primary N) is 2. The zero-order valence-corrected chi connectivity index (χ0v) is 8.20. The molecule has 0 aromatic carbocycles. The molecule has 0 fully saturated rings. The number of unbranched alkanes of at least 4 members (excludes halogenated alkanes) is 1. The van der Waals surface area contributed by atoms with E-state index in [0.717, 1.165) is 19.4 Å². The van der Waals surface area contributed by atoms with Crippen molar-refractivity contribution in [3.8, 4) is 0 Å². The van der Waals surface area contributed by atoms with Gasteiger partial charge in [-0.3, -0.25) is 4.99 Å². The topological polar surface area (TPSA) is 106 Å². The molecule has 0 aliphatic carbocycles. The molecule has 0 bridgehead atoms. The van der Waals surface area contributed by atoms with Crippen LogP contribution < -0.4 is 16.8 Å². The lowest BCUT2D eigenvalue weighted by molar-refractivity contribution is 0.561. The molecule has 0 atom stereocenters. The maximum absolute atomic E-state index is 9.68. The summed E-state index contributed by atoms with van der Waals surface area (Å²) in [5.41, 5.74) is 10.3. The van der Waals surface area contributed by atoms with Crippen LogP contribution in [0.4, 0.5) is 0 Å². The first-order chi connectivity index (χ1) is 6.77. The summed E-state index contributed by atoms with van der Waals surface area (Å²) in [5.74, 6) is 0.137. The minimum Gasteiger partial charge on any atom is -0.370 e. The van der Waals surface area contributed by atoms with Gasteiger partial charge >= 0.3 is 0 Å². The zero-order chi connectivity index (χ0) is 10.6. The Kier molecular flexibility index (Phi) is 8.73. The summed E-state index contributed by atoms with van der Waals surface area (Å²) >= 11 is 0. The van der Waals surface area contributed by atoms with Gasteiger partial charge in [0, 0.05) is 13.1 Å². The lowest BCUT2D eigenvalue weighted by Crippen LogP contribution is -2.23. The molecule has 5 N–H and O–H groups in total. The number of isocyanates is 1. The number of hydrogen-bond donors (Lipinski definition) is 3. The standard InChI is InChI=1S/C8H17N5O/c9-8(10)13-4-2-1-3-11-5-6-12-7-14/h11H,1-6H2,(H4,9,10,13). The number of hydrogen-bond acceptors (Lipinski definition) is 4. The molecule has 14 heavy (non-hydrogen) atoms. The minimum absolute atomic E-state index is 0.137. The van der Waals surface area contributed by atoms with Gasteiger partial charge in [0.2, 0.25) is 6.08 Å². The van der Waals surface area contributed by atoms with Crippen LogP contribution in [0.15, 0.2) is 9.98 Å². The van der Waals surface area contributed by atoms with Gasteiger partial charge in [0.15, 0.2) is 5.96 Å². The summed E-state index contributed by atoms with van der Waals surface area (Å²) in [5, 5.41) is 3.12. The highest BCUT2D eigenvalue weighted by molar-refractivity contribution is 5.75. The van der Waals surface area contributed by atoms with Crippen molar-refractivity contribution >= 4 is 12.0 Å². The molecule has 0 unspecified atom stereocenters. The molecular weight excluding hydrogens is 182 g/mol. The summed E-state index contributed by atoms with van der Waals surface area (Å²) in [6.07, 6.45) is 3.43. The van der Waals surface area contributed by atoms with Gasteiger partial charge in [0.1, 0.15) is 0 Å². The second-order valence-corrected chi connectivity index (χ2v) is 2.74. The highest BCUT2D eigenvalue weighted by Crippen LogP contribution is 1.86. The maximum Gasteiger partial charge on any atom is 0.234 e. The first kappa shape index (κ1) is 12.6. The fourth-order valence-corrected chi connectivity index (χ4v) is 0.876. The minimum atomic E-state index is 0.137. The monoisotopic (exact) mass is 199 g/mol. The number of nitrogens with one attached hydrogen (secondary N) is 1. The Morgan fingerprint density at radius 2 is 2.00 bits per heavy atom. The Hall–Kier alpha value is -1.39. The smallest absolute Gasteiger partial charge is 0.234 e. The molecule has 0 aliphatic rings. The first-order valence-electron chi connectivity index (χ1n) is 4.57. The second-order valence-electron chi connectivity index (χ2n) is 2.74. The molecule has 6 nitrogen and oxygen atoms in total. The van der Waals surface area contributed by atoms with Crippen LogP contribution in [-0.2, 0) is 4.79 Å². The van der Waals surface area contributed by atoms with Crippen molar-refractivity contribution in [2.24, 2.45) is 21.5 Å². The van der Waals surface area contributed by atoms with E-state index in [9.17, 15) is 4.79 Å². The molecule has 0 rings (SSSR count). The lowest BCUT2D eigenvalue weighted by Gasteiger charge is -2.00. The van der Waals surface area contributed by atoms with Crippen molar-refractivity contribution in [1.29, 1.82) is 0 Å². The van der Waals surface area contributed by atoms with E-state index in [-0.39, 0.29) is 5.96 Å². The van der Waals surface area contributed by atoms with Gasteiger partial charge in [0.25, 0.3) is 0 Å². The molecule has 0 saturated carbocycles. The van der Waals surface area contributed by atoms with Crippen LogP contribution in [0.25, 0.3) is 0 Å². The van der Waals surface area contributed by atoms with Crippen LogP contribution in [0, 0.1) is 0 Å². The van der Waals surface area contributed by atoms with E-state index in [1.165, 1.54) is 6.08 Å². The van der Waals surface area contributed by atoms with Crippen LogP contribution in [0.5, 0.6) is 0 Å². The Balaban J connectivity index is 3.06. The van der Waals surface area contributed by atoms with Crippen LogP contribution in [0.3, 0.4) is 0 Å². The molecular formula is C8H17N5O. The van der Waals surface area contributed by atoms with E-state index in [1.807, 2.05) is 0 Å². The zero-order valence-electron chi connectivity index (χ0n) is 8.20. The molecule has 0 amide bonds. The van der Waals surface area contributed by atoms with Crippen molar-refractivity contribution < 1.29 is 4.79 Å². The summed E-state index contributed by atoms with van der Waals surface area (Å²) in [6.45, 7) is 2.74. The fourth-order valence-electron chi connectivity index (χ4n) is 0.876. The molecule has 0 saturated heterocycles. The van der Waals surface area contributed by atoms with Crippen LogP contribution >= 0.6 is 0 Å². The van der Waals surface area contributed by atoms with E-state index < -0.39 is 0 Å². The Bertz CT molecular complexity index is 206. The SMILES string of the molecule is NC(N)=NCCCCNCCN=C=O. The third kappa shape index (κ3) is 10.6. The van der Waals surface area contributed by atoms with Gasteiger partial charge in [-0.15, -0.1) is 0 Å². The summed E-state index contributed by atoms with van der Waals surface area (Å²) in [6, 6.07) is 0. The fraction of sp³-hybridized carbons (Fsp3) is 0.750. The van der Waals surface area contributed by atoms with E-state index >= 15 is 0 Å². The Morgan fingerprint density at radius 1 is 1.21 bits per heavy atom. The highest BCUT2D eigenvalue weighted by Gasteiger charge is 1.88. The van der Waals surface area contributed by atoms with Gasteiger partial charge in [-0.2, -0.15) is 0 Å². The second kappa shape index (κ2) is 9.70. The molecule has 0 spiro atoms. The number of aliphatic imine (C=N–C) groups is 2. The largest absolute Gasteiger partial charge is 0.370 e. The van der Waals surface area contributed by atoms with Crippen molar-refractivity contribution in [2.45, 2.75) is 12.8 Å². The first-order valence-corrected chi connectivity index (χ1v) is 4.57. The molecule has 0 aromatic heterocycles. The highest BCUT2D eigenvalue weighted by atomic mass is 16.1. The molecule has 0 aromatic rings. The third-order valence-corrected chi connectivity index (χ3v) is 1.52. The average molecular weight is 199 g/mol. The molecule has 0 heterocycles. The van der Waals surface area contributed by atoms with E-state index in [2.05, 4.69) is 15.3 Å².